The van der Waals surface area contributed by atoms with Crippen LogP contribution in [0.3, 0.4) is 0 Å². The molecule has 0 aromatic heterocycles. The van der Waals surface area contributed by atoms with Gasteiger partial charge in [0, 0.05) is 25.7 Å². The Hall–Kier alpha value is -1.17. The Balaban J connectivity index is 0.00000180. The molecule has 0 saturated carbocycles. The van der Waals surface area contributed by atoms with Crippen LogP contribution in [0.15, 0.2) is 24.3 Å². The minimum Gasteiger partial charge on any atom is -0.351 e. The van der Waals surface area contributed by atoms with E-state index in [9.17, 15) is 9.18 Å². The Morgan fingerprint density at radius 2 is 2.11 bits per heavy atom. The quantitative estimate of drug-likeness (QED) is 0.865. The number of amides is 1. The zero-order valence-corrected chi connectivity index (χ0v) is 11.5. The first-order valence-corrected chi connectivity index (χ1v) is 6.12. The van der Waals surface area contributed by atoms with Crippen molar-refractivity contribution in [1.82, 2.24) is 10.2 Å². The number of rotatable bonds is 4. The average molecular weight is 288 g/mol. The summed E-state index contributed by atoms with van der Waals surface area (Å²) in [5, 5.41) is 2.82. The van der Waals surface area contributed by atoms with E-state index in [1.165, 1.54) is 12.1 Å². The van der Waals surface area contributed by atoms with E-state index in [2.05, 4.69) is 5.32 Å². The lowest BCUT2D eigenvalue weighted by molar-refractivity contribution is -0.122. The van der Waals surface area contributed by atoms with Crippen LogP contribution in [0.5, 0.6) is 0 Å². The molecule has 1 aromatic carbocycles. The normalized spacial score (nSPS) is 18.9. The molecule has 6 heteroatoms. The van der Waals surface area contributed by atoms with Gasteiger partial charge in [-0.05, 0) is 24.1 Å². The molecule has 0 spiro atoms. The topological polar surface area (TPSA) is 58.4 Å². The second kappa shape index (κ2) is 7.43. The summed E-state index contributed by atoms with van der Waals surface area (Å²) < 4.78 is 12.7. The van der Waals surface area contributed by atoms with Gasteiger partial charge in [-0.2, -0.15) is 0 Å². The fraction of sp³-hybridized carbons (Fsp3) is 0.462. The number of nitrogens with one attached hydrogen (secondary N) is 1. The molecule has 0 radical (unpaired) electrons. The number of halogens is 2. The number of carbonyl (C=O) groups excluding carboxylic acids is 1. The molecule has 1 fully saturated rings. The minimum absolute atomic E-state index is 0. The summed E-state index contributed by atoms with van der Waals surface area (Å²) in [5.41, 5.74) is 6.66. The van der Waals surface area contributed by atoms with E-state index in [0.717, 1.165) is 25.1 Å². The molecular formula is C13H19ClFN3O. The molecular weight excluding hydrogens is 269 g/mol. The molecule has 1 aliphatic heterocycles. The standard InChI is InChI=1S/C13H18FN3O.ClH/c14-11-3-1-10(2-4-11)7-16-13(18)9-17-6-5-12(15)8-17;/h1-4,12H,5-9,15H2,(H,16,18);1H. The monoisotopic (exact) mass is 287 g/mol. The maximum Gasteiger partial charge on any atom is 0.234 e. The van der Waals surface area contributed by atoms with E-state index in [-0.39, 0.29) is 30.2 Å². The van der Waals surface area contributed by atoms with Crippen LogP contribution in [0.1, 0.15) is 12.0 Å². The Morgan fingerprint density at radius 3 is 2.68 bits per heavy atom. The third-order valence-corrected chi connectivity index (χ3v) is 3.08. The summed E-state index contributed by atoms with van der Waals surface area (Å²) in [5.74, 6) is -0.287. The molecule has 1 aliphatic rings. The van der Waals surface area contributed by atoms with Crippen molar-refractivity contribution < 1.29 is 9.18 Å². The lowest BCUT2D eigenvalue weighted by Crippen LogP contribution is -2.37. The Kier molecular flexibility index (Phi) is 6.21. The van der Waals surface area contributed by atoms with Crippen molar-refractivity contribution in [3.05, 3.63) is 35.6 Å². The highest BCUT2D eigenvalue weighted by atomic mass is 35.5. The number of nitrogens with zero attached hydrogens (tertiary/aromatic N) is 1. The van der Waals surface area contributed by atoms with Crippen LogP contribution < -0.4 is 11.1 Å². The van der Waals surface area contributed by atoms with Crippen LogP contribution in [-0.2, 0) is 11.3 Å². The van der Waals surface area contributed by atoms with Crippen molar-refractivity contribution in [3.8, 4) is 0 Å². The second-order valence-corrected chi connectivity index (χ2v) is 4.69. The fourth-order valence-corrected chi connectivity index (χ4v) is 2.07. The van der Waals surface area contributed by atoms with Gasteiger partial charge >= 0.3 is 0 Å². The van der Waals surface area contributed by atoms with Crippen LogP contribution in [0.2, 0.25) is 0 Å². The maximum atomic E-state index is 12.7. The number of nitrogens with two attached hydrogens (primary N) is 1. The van der Waals surface area contributed by atoms with Crippen LogP contribution in [-0.4, -0.2) is 36.5 Å². The van der Waals surface area contributed by atoms with Crippen molar-refractivity contribution in [1.29, 1.82) is 0 Å². The molecule has 4 nitrogen and oxygen atoms in total. The van der Waals surface area contributed by atoms with Crippen molar-refractivity contribution in [2.45, 2.75) is 19.0 Å². The first kappa shape index (κ1) is 15.9. The third-order valence-electron chi connectivity index (χ3n) is 3.08. The fourth-order valence-electron chi connectivity index (χ4n) is 2.07. The number of likely N-dealkylation sites (tertiary alicyclic amines) is 1. The summed E-state index contributed by atoms with van der Waals surface area (Å²) in [6.45, 7) is 2.48. The van der Waals surface area contributed by atoms with Crippen molar-refractivity contribution in [3.63, 3.8) is 0 Å². The molecule has 0 aliphatic carbocycles. The predicted molar refractivity (Wildman–Crippen MR) is 74.5 cm³/mol. The molecule has 106 valence electrons. The Bertz CT molecular complexity index is 413. The molecule has 1 amide bonds. The van der Waals surface area contributed by atoms with Gasteiger partial charge in [-0.1, -0.05) is 12.1 Å². The smallest absolute Gasteiger partial charge is 0.234 e. The third kappa shape index (κ3) is 5.14. The molecule has 2 rings (SSSR count). The van der Waals surface area contributed by atoms with Gasteiger partial charge < -0.3 is 11.1 Å². The van der Waals surface area contributed by atoms with Crippen LogP contribution >= 0.6 is 12.4 Å². The number of hydrogen-bond acceptors (Lipinski definition) is 3. The van der Waals surface area contributed by atoms with Gasteiger partial charge in [-0.25, -0.2) is 4.39 Å². The number of carbonyl (C=O) groups is 1. The first-order chi connectivity index (χ1) is 8.63. The van der Waals surface area contributed by atoms with Crippen LogP contribution in [0.4, 0.5) is 4.39 Å². The summed E-state index contributed by atoms with van der Waals surface area (Å²) in [6.07, 6.45) is 0.950. The predicted octanol–water partition coefficient (Wildman–Crippen LogP) is 0.897. The van der Waals surface area contributed by atoms with Gasteiger partial charge in [0.05, 0.1) is 6.54 Å². The average Bonchev–Trinajstić information content (AvgIpc) is 2.74. The largest absolute Gasteiger partial charge is 0.351 e. The lowest BCUT2D eigenvalue weighted by atomic mass is 10.2. The highest BCUT2D eigenvalue weighted by Crippen LogP contribution is 2.06. The van der Waals surface area contributed by atoms with Gasteiger partial charge in [-0.15, -0.1) is 12.4 Å². The number of benzene rings is 1. The van der Waals surface area contributed by atoms with Crippen molar-refractivity contribution in [2.75, 3.05) is 19.6 Å². The molecule has 0 bridgehead atoms. The van der Waals surface area contributed by atoms with Gasteiger partial charge in [0.2, 0.25) is 5.91 Å². The van der Waals surface area contributed by atoms with Gasteiger partial charge in [0.25, 0.3) is 0 Å². The van der Waals surface area contributed by atoms with Gasteiger partial charge in [0.15, 0.2) is 0 Å². The lowest BCUT2D eigenvalue weighted by Gasteiger charge is -2.14. The molecule has 1 aromatic rings. The first-order valence-electron chi connectivity index (χ1n) is 6.12. The van der Waals surface area contributed by atoms with E-state index < -0.39 is 0 Å². The van der Waals surface area contributed by atoms with E-state index in [0.29, 0.717) is 13.1 Å². The van der Waals surface area contributed by atoms with Gasteiger partial charge in [-0.3, -0.25) is 9.69 Å². The molecule has 19 heavy (non-hydrogen) atoms. The number of hydrogen-bond donors (Lipinski definition) is 2. The molecule has 1 unspecified atom stereocenters. The summed E-state index contributed by atoms with van der Waals surface area (Å²) >= 11 is 0. The molecule has 1 saturated heterocycles. The Labute approximate surface area is 118 Å². The van der Waals surface area contributed by atoms with Crippen LogP contribution in [0, 0.1) is 5.82 Å². The highest BCUT2D eigenvalue weighted by Gasteiger charge is 2.20. The zero-order chi connectivity index (χ0) is 13.0. The molecule has 1 heterocycles. The van der Waals surface area contributed by atoms with E-state index in [4.69, 9.17) is 5.73 Å². The van der Waals surface area contributed by atoms with E-state index in [1.807, 2.05) is 4.90 Å². The Morgan fingerprint density at radius 1 is 1.42 bits per heavy atom. The molecule has 3 N–H and O–H groups in total. The highest BCUT2D eigenvalue weighted by molar-refractivity contribution is 5.85. The summed E-state index contributed by atoms with van der Waals surface area (Å²) in [6, 6.07) is 6.31. The zero-order valence-electron chi connectivity index (χ0n) is 10.6. The maximum absolute atomic E-state index is 12.7. The summed E-state index contributed by atoms with van der Waals surface area (Å²) in [7, 11) is 0. The summed E-state index contributed by atoms with van der Waals surface area (Å²) in [4.78, 5) is 13.7. The van der Waals surface area contributed by atoms with E-state index in [1.54, 1.807) is 12.1 Å². The van der Waals surface area contributed by atoms with E-state index >= 15 is 0 Å². The SMILES string of the molecule is Cl.NC1CCN(CC(=O)NCc2ccc(F)cc2)C1. The van der Waals surface area contributed by atoms with Crippen LogP contribution in [0.25, 0.3) is 0 Å². The van der Waals surface area contributed by atoms with Gasteiger partial charge in [0.1, 0.15) is 5.82 Å². The van der Waals surface area contributed by atoms with Crippen molar-refractivity contribution in [2.24, 2.45) is 5.73 Å². The minimum atomic E-state index is -0.267. The molecule has 1 atom stereocenters. The van der Waals surface area contributed by atoms with Crippen molar-refractivity contribution >= 4 is 18.3 Å². The second-order valence-electron chi connectivity index (χ2n) is 4.69.